The van der Waals surface area contributed by atoms with Crippen molar-refractivity contribution in [1.29, 1.82) is 0 Å². The second-order valence-electron chi connectivity index (χ2n) is 6.18. The Hall–Kier alpha value is -3.79. The van der Waals surface area contributed by atoms with Gasteiger partial charge in [-0.3, -0.25) is 14.2 Å². The number of rotatable bonds is 5. The van der Waals surface area contributed by atoms with E-state index in [-0.39, 0.29) is 6.54 Å². The summed E-state index contributed by atoms with van der Waals surface area (Å²) in [7, 11) is 0. The molecule has 10 heteroatoms. The SMILES string of the molecule is Cc1nc2c(-c3ccco3)nc(=O)n(CC(=O)Nc3ccc(C(N)=O)cc3)c2s1. The summed E-state index contributed by atoms with van der Waals surface area (Å²) in [6.45, 7) is 1.58. The molecular weight excluding hydrogens is 394 g/mol. The first kappa shape index (κ1) is 18.6. The molecule has 0 radical (unpaired) electrons. The highest BCUT2D eigenvalue weighted by Gasteiger charge is 2.19. The number of anilines is 1. The van der Waals surface area contributed by atoms with Gasteiger partial charge in [-0.15, -0.1) is 11.3 Å². The third-order valence-electron chi connectivity index (χ3n) is 4.13. The Kier molecular flexibility index (Phi) is 4.69. The summed E-state index contributed by atoms with van der Waals surface area (Å²) in [4.78, 5) is 45.3. The molecule has 146 valence electrons. The molecule has 9 nitrogen and oxygen atoms in total. The van der Waals surface area contributed by atoms with E-state index in [1.54, 1.807) is 24.3 Å². The number of aryl methyl sites for hydroxylation is 1. The number of hydrogen-bond acceptors (Lipinski definition) is 7. The zero-order valence-electron chi connectivity index (χ0n) is 15.2. The summed E-state index contributed by atoms with van der Waals surface area (Å²) in [6.07, 6.45) is 1.49. The molecule has 0 saturated heterocycles. The summed E-state index contributed by atoms with van der Waals surface area (Å²) in [5, 5.41) is 3.42. The Bertz CT molecular complexity index is 1270. The predicted molar refractivity (Wildman–Crippen MR) is 108 cm³/mol. The van der Waals surface area contributed by atoms with Crippen molar-refractivity contribution in [3.8, 4) is 11.5 Å². The van der Waals surface area contributed by atoms with Gasteiger partial charge in [0.15, 0.2) is 5.76 Å². The highest BCUT2D eigenvalue weighted by atomic mass is 32.1. The van der Waals surface area contributed by atoms with Gasteiger partial charge in [0.05, 0.1) is 11.3 Å². The number of primary amides is 1. The summed E-state index contributed by atoms with van der Waals surface area (Å²) in [5.41, 5.74) is 6.28. The highest BCUT2D eigenvalue weighted by molar-refractivity contribution is 7.18. The van der Waals surface area contributed by atoms with Gasteiger partial charge in [0.25, 0.3) is 0 Å². The molecular formula is C19H15N5O4S. The molecule has 2 amide bonds. The maximum Gasteiger partial charge on any atom is 0.349 e. The van der Waals surface area contributed by atoms with Gasteiger partial charge in [0.2, 0.25) is 11.8 Å². The van der Waals surface area contributed by atoms with E-state index in [1.165, 1.54) is 34.3 Å². The lowest BCUT2D eigenvalue weighted by Crippen LogP contribution is -2.29. The van der Waals surface area contributed by atoms with E-state index >= 15 is 0 Å². The minimum atomic E-state index is -0.577. The largest absolute Gasteiger partial charge is 0.463 e. The number of nitrogens with one attached hydrogen (secondary N) is 1. The minimum absolute atomic E-state index is 0.236. The van der Waals surface area contributed by atoms with E-state index in [4.69, 9.17) is 10.2 Å². The van der Waals surface area contributed by atoms with E-state index in [9.17, 15) is 14.4 Å². The lowest BCUT2D eigenvalue weighted by molar-refractivity contribution is -0.116. The lowest BCUT2D eigenvalue weighted by atomic mass is 10.2. The van der Waals surface area contributed by atoms with Crippen LogP contribution < -0.4 is 16.7 Å². The smallest absolute Gasteiger partial charge is 0.349 e. The van der Waals surface area contributed by atoms with Gasteiger partial charge in [0.1, 0.15) is 22.6 Å². The molecule has 0 spiro atoms. The molecule has 0 saturated carbocycles. The van der Waals surface area contributed by atoms with Crippen LogP contribution in [0.25, 0.3) is 21.8 Å². The van der Waals surface area contributed by atoms with Gasteiger partial charge in [-0.2, -0.15) is 4.98 Å². The Balaban J connectivity index is 1.65. The van der Waals surface area contributed by atoms with Crippen LogP contribution in [0.4, 0.5) is 5.69 Å². The number of thiazole rings is 1. The third kappa shape index (κ3) is 3.65. The molecule has 3 heterocycles. The van der Waals surface area contributed by atoms with Crippen LogP contribution in [0.3, 0.4) is 0 Å². The van der Waals surface area contributed by atoms with Gasteiger partial charge in [-0.05, 0) is 43.3 Å². The van der Waals surface area contributed by atoms with Gasteiger partial charge in [-0.1, -0.05) is 0 Å². The molecule has 0 aliphatic heterocycles. The molecule has 0 aliphatic carbocycles. The van der Waals surface area contributed by atoms with Gasteiger partial charge >= 0.3 is 5.69 Å². The zero-order chi connectivity index (χ0) is 20.5. The standard InChI is InChI=1S/C19H15N5O4S/c1-10-21-16-15(13-3-2-8-28-13)23-19(27)24(18(16)29-10)9-14(25)22-12-6-4-11(5-7-12)17(20)26/h2-8H,9H2,1H3,(H2,20,26)(H,22,25). The van der Waals surface area contributed by atoms with Crippen LogP contribution in [0.2, 0.25) is 0 Å². The highest BCUT2D eigenvalue weighted by Crippen LogP contribution is 2.28. The first-order valence-electron chi connectivity index (χ1n) is 8.54. The molecule has 3 aromatic heterocycles. The van der Waals surface area contributed by atoms with E-state index in [1.807, 2.05) is 6.92 Å². The van der Waals surface area contributed by atoms with Crippen LogP contribution in [-0.2, 0) is 11.3 Å². The second-order valence-corrected chi connectivity index (χ2v) is 7.36. The first-order valence-corrected chi connectivity index (χ1v) is 9.35. The number of benzene rings is 1. The van der Waals surface area contributed by atoms with Gasteiger partial charge < -0.3 is 15.5 Å². The van der Waals surface area contributed by atoms with E-state index in [2.05, 4.69) is 15.3 Å². The average molecular weight is 409 g/mol. The number of amides is 2. The van der Waals surface area contributed by atoms with Gasteiger partial charge in [-0.25, -0.2) is 9.78 Å². The molecule has 0 fully saturated rings. The second kappa shape index (κ2) is 7.32. The van der Waals surface area contributed by atoms with Crippen molar-refractivity contribution in [2.75, 3.05) is 5.32 Å². The number of nitrogens with zero attached hydrogens (tertiary/aromatic N) is 3. The Labute approximate surface area is 167 Å². The first-order chi connectivity index (χ1) is 13.9. The van der Waals surface area contributed by atoms with Crippen LogP contribution in [0.5, 0.6) is 0 Å². The number of hydrogen-bond donors (Lipinski definition) is 2. The number of furan rings is 1. The number of nitrogens with two attached hydrogens (primary N) is 1. The van der Waals surface area contributed by atoms with Crippen molar-refractivity contribution in [3.05, 3.63) is 63.7 Å². The van der Waals surface area contributed by atoms with Crippen molar-refractivity contribution in [3.63, 3.8) is 0 Å². The number of fused-ring (bicyclic) bond motifs is 1. The maximum atomic E-state index is 12.6. The Morgan fingerprint density at radius 1 is 1.21 bits per heavy atom. The molecule has 3 N–H and O–H groups in total. The van der Waals surface area contributed by atoms with Crippen LogP contribution in [0.15, 0.2) is 51.9 Å². The van der Waals surface area contributed by atoms with E-state index in [0.29, 0.717) is 33.1 Å². The monoisotopic (exact) mass is 409 g/mol. The van der Waals surface area contributed by atoms with Crippen molar-refractivity contribution < 1.29 is 14.0 Å². The number of aromatic nitrogens is 3. The quantitative estimate of drug-likeness (QED) is 0.519. The molecule has 0 atom stereocenters. The fraction of sp³-hybridized carbons (Fsp3) is 0.105. The topological polar surface area (TPSA) is 133 Å². The van der Waals surface area contributed by atoms with Crippen molar-refractivity contribution in [2.45, 2.75) is 13.5 Å². The normalized spacial score (nSPS) is 10.9. The summed E-state index contributed by atoms with van der Waals surface area (Å²) in [6, 6.07) is 9.54. The summed E-state index contributed by atoms with van der Waals surface area (Å²) >= 11 is 1.30. The molecule has 1 aromatic carbocycles. The molecule has 4 rings (SSSR count). The van der Waals surface area contributed by atoms with Crippen LogP contribution >= 0.6 is 11.3 Å². The summed E-state index contributed by atoms with van der Waals surface area (Å²) in [5.74, 6) is -0.539. The third-order valence-corrected chi connectivity index (χ3v) is 5.13. The van der Waals surface area contributed by atoms with Crippen molar-refractivity contribution >= 4 is 39.2 Å². The summed E-state index contributed by atoms with van der Waals surface area (Å²) < 4.78 is 6.64. The number of carbonyl (C=O) groups is 2. The molecule has 0 unspecified atom stereocenters. The predicted octanol–water partition coefficient (Wildman–Crippen LogP) is 2.16. The van der Waals surface area contributed by atoms with Crippen molar-refractivity contribution in [1.82, 2.24) is 14.5 Å². The van der Waals surface area contributed by atoms with E-state index in [0.717, 1.165) is 5.01 Å². The Morgan fingerprint density at radius 3 is 2.62 bits per heavy atom. The average Bonchev–Trinajstić information content (AvgIpc) is 3.34. The zero-order valence-corrected chi connectivity index (χ0v) is 16.0. The molecule has 0 aliphatic rings. The number of carbonyl (C=O) groups excluding carboxylic acids is 2. The van der Waals surface area contributed by atoms with Gasteiger partial charge in [0, 0.05) is 11.3 Å². The maximum absolute atomic E-state index is 12.6. The lowest BCUT2D eigenvalue weighted by Gasteiger charge is -2.09. The molecule has 0 bridgehead atoms. The van der Waals surface area contributed by atoms with Crippen LogP contribution in [0.1, 0.15) is 15.4 Å². The Morgan fingerprint density at radius 2 is 1.97 bits per heavy atom. The molecule has 29 heavy (non-hydrogen) atoms. The van der Waals surface area contributed by atoms with Crippen LogP contribution in [0, 0.1) is 6.92 Å². The molecule has 4 aromatic rings. The fourth-order valence-electron chi connectivity index (χ4n) is 2.84. The van der Waals surface area contributed by atoms with Crippen LogP contribution in [-0.4, -0.2) is 26.3 Å². The minimum Gasteiger partial charge on any atom is -0.463 e. The van der Waals surface area contributed by atoms with Crippen molar-refractivity contribution in [2.24, 2.45) is 5.73 Å². The fourth-order valence-corrected chi connectivity index (χ4v) is 3.74. The van der Waals surface area contributed by atoms with E-state index < -0.39 is 17.5 Å².